The summed E-state index contributed by atoms with van der Waals surface area (Å²) in [6.07, 6.45) is 2.56. The van der Waals surface area contributed by atoms with Crippen LogP contribution in [-0.2, 0) is 9.59 Å². The number of aliphatic carboxylic acids is 1. The highest BCUT2D eigenvalue weighted by Gasteiger charge is 2.05. The quantitative estimate of drug-likeness (QED) is 0.591. The largest absolute Gasteiger partial charge is 0.475 e. The Kier molecular flexibility index (Phi) is 2.97. The van der Waals surface area contributed by atoms with Crippen LogP contribution < -0.4 is 0 Å². The molecule has 0 radical (unpaired) electrons. The number of carboxylic acid groups (broad SMARTS) is 1. The first-order valence-electron chi connectivity index (χ1n) is 3.60. The molecular weight excluding hydrogens is 188 g/mol. The molecule has 1 rings (SSSR count). The second kappa shape index (κ2) is 4.00. The smallest absolute Gasteiger partial charge is 0.376 e. The van der Waals surface area contributed by atoms with Crippen molar-refractivity contribution in [2.75, 3.05) is 0 Å². The first kappa shape index (κ1) is 9.67. The van der Waals surface area contributed by atoms with Crippen LogP contribution in [0.15, 0.2) is 17.5 Å². The molecular formula is C9H8O3S. The van der Waals surface area contributed by atoms with Gasteiger partial charge < -0.3 is 5.11 Å². The molecule has 0 amide bonds. The van der Waals surface area contributed by atoms with Crippen molar-refractivity contribution in [2.45, 2.75) is 6.92 Å². The van der Waals surface area contributed by atoms with Gasteiger partial charge in [0.25, 0.3) is 5.78 Å². The van der Waals surface area contributed by atoms with E-state index in [4.69, 9.17) is 5.11 Å². The van der Waals surface area contributed by atoms with E-state index in [1.54, 1.807) is 11.3 Å². The minimum atomic E-state index is -1.43. The molecule has 1 aromatic heterocycles. The Morgan fingerprint density at radius 3 is 2.69 bits per heavy atom. The van der Waals surface area contributed by atoms with Gasteiger partial charge in [0.2, 0.25) is 0 Å². The summed E-state index contributed by atoms with van der Waals surface area (Å²) >= 11 is 1.55. The summed E-state index contributed by atoms with van der Waals surface area (Å²) in [6.45, 7) is 1.95. The van der Waals surface area contributed by atoms with E-state index in [0.717, 1.165) is 16.5 Å². The number of carbonyl (C=O) groups excluding carboxylic acids is 1. The number of carboxylic acids is 1. The Morgan fingerprint density at radius 2 is 2.23 bits per heavy atom. The van der Waals surface area contributed by atoms with Crippen molar-refractivity contribution >= 4 is 29.2 Å². The normalized spacial score (nSPS) is 10.5. The van der Waals surface area contributed by atoms with Crippen LogP contribution in [0.25, 0.3) is 6.08 Å². The van der Waals surface area contributed by atoms with Crippen LogP contribution in [0.2, 0.25) is 0 Å². The molecule has 4 heteroatoms. The van der Waals surface area contributed by atoms with E-state index in [-0.39, 0.29) is 0 Å². The Hall–Kier alpha value is -1.42. The Labute approximate surface area is 79.3 Å². The molecule has 68 valence electrons. The van der Waals surface area contributed by atoms with Crippen molar-refractivity contribution in [3.63, 3.8) is 0 Å². The van der Waals surface area contributed by atoms with Crippen LogP contribution in [0.3, 0.4) is 0 Å². The summed E-state index contributed by atoms with van der Waals surface area (Å²) < 4.78 is 0. The number of hydrogen-bond acceptors (Lipinski definition) is 3. The first-order chi connectivity index (χ1) is 6.09. The van der Waals surface area contributed by atoms with Crippen LogP contribution in [-0.4, -0.2) is 16.9 Å². The van der Waals surface area contributed by atoms with E-state index in [9.17, 15) is 9.59 Å². The van der Waals surface area contributed by atoms with Gasteiger partial charge in [-0.1, -0.05) is 0 Å². The van der Waals surface area contributed by atoms with Crippen LogP contribution in [0, 0.1) is 6.92 Å². The molecule has 0 bridgehead atoms. The number of rotatable bonds is 3. The molecule has 3 nitrogen and oxygen atoms in total. The highest BCUT2D eigenvalue weighted by molar-refractivity contribution is 7.10. The molecule has 0 aliphatic rings. The molecule has 1 aromatic rings. The maximum Gasteiger partial charge on any atom is 0.376 e. The molecule has 0 saturated carbocycles. The first-order valence-corrected chi connectivity index (χ1v) is 4.48. The van der Waals surface area contributed by atoms with Crippen molar-refractivity contribution in [2.24, 2.45) is 0 Å². The van der Waals surface area contributed by atoms with Gasteiger partial charge in [0.15, 0.2) is 0 Å². The Balaban J connectivity index is 2.69. The summed E-state index contributed by atoms with van der Waals surface area (Å²) in [4.78, 5) is 21.9. The molecule has 13 heavy (non-hydrogen) atoms. The zero-order chi connectivity index (χ0) is 9.84. The molecule has 0 atom stereocenters. The third-order valence-corrected chi connectivity index (χ3v) is 2.27. The predicted octanol–water partition coefficient (Wildman–Crippen LogP) is 1.72. The lowest BCUT2D eigenvalue weighted by Gasteiger charge is -1.83. The average Bonchev–Trinajstić information content (AvgIpc) is 2.47. The molecule has 0 unspecified atom stereocenters. The summed E-state index contributed by atoms with van der Waals surface area (Å²) in [5.74, 6) is -2.33. The lowest BCUT2D eigenvalue weighted by atomic mass is 10.2. The maximum atomic E-state index is 10.6. The molecule has 0 spiro atoms. The lowest BCUT2D eigenvalue weighted by molar-refractivity contribution is -0.146. The fourth-order valence-corrected chi connectivity index (χ4v) is 1.47. The van der Waals surface area contributed by atoms with Crippen molar-refractivity contribution in [1.29, 1.82) is 0 Å². The van der Waals surface area contributed by atoms with Gasteiger partial charge in [0.1, 0.15) is 0 Å². The lowest BCUT2D eigenvalue weighted by Crippen LogP contribution is -2.08. The van der Waals surface area contributed by atoms with Crippen LogP contribution >= 0.6 is 11.3 Å². The summed E-state index contributed by atoms with van der Waals surface area (Å²) in [6, 6.07) is 1.89. The second-order valence-electron chi connectivity index (χ2n) is 2.49. The van der Waals surface area contributed by atoms with Gasteiger partial charge >= 0.3 is 5.97 Å². The molecule has 1 heterocycles. The molecule has 0 aliphatic carbocycles. The van der Waals surface area contributed by atoms with Crippen molar-refractivity contribution < 1.29 is 14.7 Å². The summed E-state index contributed by atoms with van der Waals surface area (Å²) in [5.41, 5.74) is 0.858. The van der Waals surface area contributed by atoms with Crippen LogP contribution in [0.5, 0.6) is 0 Å². The number of thiophene rings is 1. The minimum Gasteiger partial charge on any atom is -0.475 e. The van der Waals surface area contributed by atoms with Crippen LogP contribution in [0.4, 0.5) is 0 Å². The minimum absolute atomic E-state index is 0.858. The zero-order valence-corrected chi connectivity index (χ0v) is 7.80. The fraction of sp³-hybridized carbons (Fsp3) is 0.111. The monoisotopic (exact) mass is 196 g/mol. The van der Waals surface area contributed by atoms with Gasteiger partial charge in [-0.05, 0) is 36.1 Å². The number of hydrogen-bond donors (Lipinski definition) is 1. The van der Waals surface area contributed by atoms with Crippen molar-refractivity contribution in [1.82, 2.24) is 0 Å². The number of ketones is 1. The van der Waals surface area contributed by atoms with Gasteiger partial charge in [0.05, 0.1) is 0 Å². The number of aryl methyl sites for hydroxylation is 1. The molecule has 1 N–H and O–H groups in total. The molecule has 0 aromatic carbocycles. The van der Waals surface area contributed by atoms with E-state index in [0.29, 0.717) is 0 Å². The van der Waals surface area contributed by atoms with Gasteiger partial charge in [-0.3, -0.25) is 4.79 Å². The molecule has 0 aliphatic heterocycles. The highest BCUT2D eigenvalue weighted by Crippen LogP contribution is 2.14. The third-order valence-electron chi connectivity index (χ3n) is 1.39. The zero-order valence-electron chi connectivity index (χ0n) is 6.98. The van der Waals surface area contributed by atoms with Gasteiger partial charge in [-0.25, -0.2) is 4.79 Å². The van der Waals surface area contributed by atoms with E-state index in [1.807, 2.05) is 18.4 Å². The van der Waals surface area contributed by atoms with E-state index in [2.05, 4.69) is 0 Å². The van der Waals surface area contributed by atoms with E-state index in [1.165, 1.54) is 6.08 Å². The topological polar surface area (TPSA) is 54.4 Å². The fourth-order valence-electron chi connectivity index (χ4n) is 0.794. The van der Waals surface area contributed by atoms with Gasteiger partial charge in [-0.15, -0.1) is 11.3 Å². The Bertz CT molecular complexity index is 363. The second-order valence-corrected chi connectivity index (χ2v) is 3.61. The average molecular weight is 196 g/mol. The third kappa shape index (κ3) is 2.83. The molecule has 0 saturated heterocycles. The summed E-state index contributed by atoms with van der Waals surface area (Å²) in [7, 11) is 0. The Morgan fingerprint density at radius 1 is 1.54 bits per heavy atom. The van der Waals surface area contributed by atoms with Gasteiger partial charge in [-0.2, -0.15) is 0 Å². The predicted molar refractivity (Wildman–Crippen MR) is 50.7 cm³/mol. The summed E-state index contributed by atoms with van der Waals surface area (Å²) in [5, 5.41) is 10.1. The highest BCUT2D eigenvalue weighted by atomic mass is 32.1. The number of carbonyl (C=O) groups is 2. The SMILES string of the molecule is Cc1cc(/C=C/C(=O)C(=O)O)cs1. The standard InChI is InChI=1S/C9H8O3S/c1-6-4-7(5-13-6)2-3-8(10)9(11)12/h2-5H,1H3,(H,11,12)/b3-2+. The maximum absolute atomic E-state index is 10.6. The van der Waals surface area contributed by atoms with E-state index < -0.39 is 11.8 Å². The van der Waals surface area contributed by atoms with Gasteiger partial charge in [0, 0.05) is 4.88 Å². The molecule has 0 fully saturated rings. The van der Waals surface area contributed by atoms with E-state index >= 15 is 0 Å². The van der Waals surface area contributed by atoms with Crippen LogP contribution in [0.1, 0.15) is 10.4 Å². The van der Waals surface area contributed by atoms with Crippen molar-refractivity contribution in [3.8, 4) is 0 Å². The van der Waals surface area contributed by atoms with Crippen molar-refractivity contribution in [3.05, 3.63) is 28.0 Å².